The molecule has 0 fully saturated rings. The number of hydrogen-bond acceptors (Lipinski definition) is 0. The van der Waals surface area contributed by atoms with Gasteiger partial charge >= 0.3 is 0 Å². The first kappa shape index (κ1) is 12.4. The molecule has 2 rings (SSSR count). The highest BCUT2D eigenvalue weighted by Gasteiger charge is 2.08. The van der Waals surface area contributed by atoms with Crippen molar-refractivity contribution in [2.24, 2.45) is 0 Å². The van der Waals surface area contributed by atoms with Gasteiger partial charge in [0.2, 0.25) is 0 Å². The number of rotatable bonds is 3. The smallest absolute Gasteiger partial charge is 0.0146 e. The standard InChI is InChI=1S/C18H18/c1-5-15-9-7-11-17(13(15)3)18-12-8-10-16(6-2)14(18)4/h5-12H,1-2H2,3-4H3. The molecule has 90 valence electrons. The van der Waals surface area contributed by atoms with Gasteiger partial charge in [-0.1, -0.05) is 61.7 Å². The molecule has 0 bridgehead atoms. The van der Waals surface area contributed by atoms with Gasteiger partial charge < -0.3 is 0 Å². The zero-order valence-corrected chi connectivity index (χ0v) is 11.0. The van der Waals surface area contributed by atoms with Gasteiger partial charge in [-0.3, -0.25) is 0 Å². The van der Waals surface area contributed by atoms with Gasteiger partial charge in [-0.15, -0.1) is 0 Å². The third-order valence-corrected chi connectivity index (χ3v) is 3.48. The Kier molecular flexibility index (Phi) is 3.47. The highest BCUT2D eigenvalue weighted by Crippen LogP contribution is 2.30. The molecule has 2 aromatic rings. The van der Waals surface area contributed by atoms with Crippen molar-refractivity contribution < 1.29 is 0 Å². The third-order valence-electron chi connectivity index (χ3n) is 3.48. The lowest BCUT2D eigenvalue weighted by Crippen LogP contribution is -1.91. The summed E-state index contributed by atoms with van der Waals surface area (Å²) in [6.45, 7) is 12.0. The van der Waals surface area contributed by atoms with E-state index in [1.807, 2.05) is 12.2 Å². The first-order valence-corrected chi connectivity index (χ1v) is 6.13. The second kappa shape index (κ2) is 5.05. The van der Waals surface area contributed by atoms with E-state index in [4.69, 9.17) is 0 Å². The van der Waals surface area contributed by atoms with Crippen LogP contribution in [0.1, 0.15) is 22.3 Å². The topological polar surface area (TPSA) is 0 Å². The number of hydrogen-bond donors (Lipinski definition) is 0. The van der Waals surface area contributed by atoms with E-state index in [2.05, 4.69) is 63.4 Å². The molecule has 0 unspecified atom stereocenters. The molecule has 0 heterocycles. The van der Waals surface area contributed by atoms with E-state index < -0.39 is 0 Å². The third kappa shape index (κ3) is 2.02. The lowest BCUT2D eigenvalue weighted by molar-refractivity contribution is 1.38. The van der Waals surface area contributed by atoms with E-state index in [1.54, 1.807) is 0 Å². The van der Waals surface area contributed by atoms with E-state index in [-0.39, 0.29) is 0 Å². The van der Waals surface area contributed by atoms with Crippen LogP contribution in [0.4, 0.5) is 0 Å². The lowest BCUT2D eigenvalue weighted by atomic mass is 9.91. The van der Waals surface area contributed by atoms with Gasteiger partial charge in [-0.25, -0.2) is 0 Å². The molecular weight excluding hydrogens is 216 g/mol. The molecule has 0 radical (unpaired) electrons. The van der Waals surface area contributed by atoms with Crippen molar-refractivity contribution in [3.05, 3.63) is 71.8 Å². The minimum absolute atomic E-state index is 1.19. The van der Waals surface area contributed by atoms with Crippen LogP contribution in [0, 0.1) is 13.8 Å². The molecule has 0 amide bonds. The van der Waals surface area contributed by atoms with Crippen LogP contribution in [0.25, 0.3) is 23.3 Å². The van der Waals surface area contributed by atoms with Gasteiger partial charge in [-0.2, -0.15) is 0 Å². The van der Waals surface area contributed by atoms with Gasteiger partial charge in [0, 0.05) is 0 Å². The molecule has 0 heteroatoms. The molecule has 0 nitrogen and oxygen atoms in total. The van der Waals surface area contributed by atoms with Gasteiger partial charge in [0.1, 0.15) is 0 Å². The maximum Gasteiger partial charge on any atom is -0.0146 e. The fourth-order valence-electron chi connectivity index (χ4n) is 2.33. The zero-order chi connectivity index (χ0) is 13.1. The summed E-state index contributed by atoms with van der Waals surface area (Å²) in [5.41, 5.74) is 7.47. The Labute approximate surface area is 109 Å². The quantitative estimate of drug-likeness (QED) is 0.679. The Morgan fingerprint density at radius 1 is 0.722 bits per heavy atom. The molecule has 0 spiro atoms. The summed E-state index contributed by atoms with van der Waals surface area (Å²) in [4.78, 5) is 0. The molecule has 0 saturated carbocycles. The van der Waals surface area contributed by atoms with Crippen LogP contribution < -0.4 is 0 Å². The predicted octanol–water partition coefficient (Wildman–Crippen LogP) is 5.26. The predicted molar refractivity (Wildman–Crippen MR) is 81.5 cm³/mol. The van der Waals surface area contributed by atoms with Gasteiger partial charge in [0.05, 0.1) is 0 Å². The van der Waals surface area contributed by atoms with E-state index >= 15 is 0 Å². The highest BCUT2D eigenvalue weighted by molar-refractivity contribution is 5.77. The van der Waals surface area contributed by atoms with Crippen LogP contribution in [0.2, 0.25) is 0 Å². The Bertz CT molecular complexity index is 548. The fraction of sp³-hybridized carbons (Fsp3) is 0.111. The highest BCUT2D eigenvalue weighted by atomic mass is 14.1. The van der Waals surface area contributed by atoms with Crippen molar-refractivity contribution in [2.75, 3.05) is 0 Å². The molecule has 18 heavy (non-hydrogen) atoms. The van der Waals surface area contributed by atoms with Crippen LogP contribution >= 0.6 is 0 Å². The molecule has 0 atom stereocenters. The number of benzene rings is 2. The summed E-state index contributed by atoms with van der Waals surface area (Å²) in [6, 6.07) is 12.7. The Balaban J connectivity index is 2.69. The molecule has 0 aromatic heterocycles. The van der Waals surface area contributed by atoms with Crippen molar-refractivity contribution in [1.29, 1.82) is 0 Å². The second-order valence-electron chi connectivity index (χ2n) is 4.45. The molecule has 0 aliphatic rings. The molecule has 0 saturated heterocycles. The van der Waals surface area contributed by atoms with Crippen molar-refractivity contribution in [2.45, 2.75) is 13.8 Å². The van der Waals surface area contributed by atoms with Gasteiger partial charge in [0.25, 0.3) is 0 Å². The maximum absolute atomic E-state index is 3.87. The Hall–Kier alpha value is -2.08. The van der Waals surface area contributed by atoms with Crippen molar-refractivity contribution in [1.82, 2.24) is 0 Å². The first-order chi connectivity index (χ1) is 8.69. The molecular formula is C18H18. The average Bonchev–Trinajstić information content (AvgIpc) is 2.40. The largest absolute Gasteiger partial charge is 0.0985 e. The minimum atomic E-state index is 1.19. The van der Waals surface area contributed by atoms with Crippen LogP contribution in [-0.4, -0.2) is 0 Å². The molecule has 0 N–H and O–H groups in total. The van der Waals surface area contributed by atoms with Crippen molar-refractivity contribution in [3.8, 4) is 11.1 Å². The van der Waals surface area contributed by atoms with E-state index in [0.717, 1.165) is 0 Å². The lowest BCUT2D eigenvalue weighted by Gasteiger charge is -2.13. The zero-order valence-electron chi connectivity index (χ0n) is 11.0. The Morgan fingerprint density at radius 3 is 1.44 bits per heavy atom. The van der Waals surface area contributed by atoms with Crippen LogP contribution in [0.3, 0.4) is 0 Å². The van der Waals surface area contributed by atoms with E-state index in [0.29, 0.717) is 0 Å². The summed E-state index contributed by atoms with van der Waals surface area (Å²) in [7, 11) is 0. The molecule has 2 aromatic carbocycles. The summed E-state index contributed by atoms with van der Waals surface area (Å²) >= 11 is 0. The minimum Gasteiger partial charge on any atom is -0.0985 e. The van der Waals surface area contributed by atoms with Crippen LogP contribution in [0.15, 0.2) is 49.6 Å². The monoisotopic (exact) mass is 234 g/mol. The molecule has 0 aliphatic heterocycles. The van der Waals surface area contributed by atoms with Crippen molar-refractivity contribution >= 4 is 12.2 Å². The van der Waals surface area contributed by atoms with Crippen LogP contribution in [0.5, 0.6) is 0 Å². The normalized spacial score (nSPS) is 10.1. The van der Waals surface area contributed by atoms with E-state index in [1.165, 1.54) is 33.4 Å². The summed E-state index contributed by atoms with van der Waals surface area (Å²) in [6.07, 6.45) is 3.82. The average molecular weight is 234 g/mol. The summed E-state index contributed by atoms with van der Waals surface area (Å²) in [5.74, 6) is 0. The summed E-state index contributed by atoms with van der Waals surface area (Å²) in [5, 5.41) is 0. The van der Waals surface area contributed by atoms with Crippen molar-refractivity contribution in [3.63, 3.8) is 0 Å². The maximum atomic E-state index is 3.87. The van der Waals surface area contributed by atoms with Crippen LogP contribution in [-0.2, 0) is 0 Å². The Morgan fingerprint density at radius 2 is 1.11 bits per heavy atom. The van der Waals surface area contributed by atoms with Gasteiger partial charge in [-0.05, 0) is 47.2 Å². The fourth-order valence-corrected chi connectivity index (χ4v) is 2.33. The second-order valence-corrected chi connectivity index (χ2v) is 4.45. The van der Waals surface area contributed by atoms with Gasteiger partial charge in [0.15, 0.2) is 0 Å². The van der Waals surface area contributed by atoms with E-state index in [9.17, 15) is 0 Å². The summed E-state index contributed by atoms with van der Waals surface area (Å²) < 4.78 is 0. The SMILES string of the molecule is C=Cc1cccc(-c2cccc(C=C)c2C)c1C. The molecule has 0 aliphatic carbocycles. The first-order valence-electron chi connectivity index (χ1n) is 6.13.